The van der Waals surface area contributed by atoms with Crippen molar-refractivity contribution in [3.8, 4) is 5.75 Å². The summed E-state index contributed by atoms with van der Waals surface area (Å²) in [7, 11) is 0. The van der Waals surface area contributed by atoms with Gasteiger partial charge in [0.15, 0.2) is 0 Å². The van der Waals surface area contributed by atoms with Crippen LogP contribution in [-0.4, -0.2) is 10.1 Å². The standard InChI is InChI=1S/C7H7N.C7H8O/c1-2-7-5-3-4-6-8-7;1-6-4-2-3-5-7(6)8/h2-6H,1H2;2-5,8H,1H3. The topological polar surface area (TPSA) is 33.1 Å². The third-order valence-corrected chi connectivity index (χ3v) is 2.01. The number of para-hydroxylation sites is 1. The Balaban J connectivity index is 0.000000160. The highest BCUT2D eigenvalue weighted by Crippen LogP contribution is 2.12. The van der Waals surface area contributed by atoms with E-state index < -0.39 is 0 Å². The largest absolute Gasteiger partial charge is 0.508 e. The summed E-state index contributed by atoms with van der Waals surface area (Å²) >= 11 is 0. The lowest BCUT2D eigenvalue weighted by Gasteiger charge is -1.92. The second kappa shape index (κ2) is 6.40. The van der Waals surface area contributed by atoms with Crippen LogP contribution < -0.4 is 0 Å². The molecule has 0 unspecified atom stereocenters. The summed E-state index contributed by atoms with van der Waals surface area (Å²) in [6.45, 7) is 5.44. The van der Waals surface area contributed by atoms with Crippen LogP contribution in [0, 0.1) is 6.92 Å². The quantitative estimate of drug-likeness (QED) is 0.787. The molecular weight excluding hydrogens is 198 g/mol. The van der Waals surface area contributed by atoms with E-state index in [2.05, 4.69) is 11.6 Å². The molecule has 82 valence electrons. The van der Waals surface area contributed by atoms with Gasteiger partial charge in [-0.3, -0.25) is 4.98 Å². The van der Waals surface area contributed by atoms with E-state index in [1.807, 2.05) is 43.3 Å². The summed E-state index contributed by atoms with van der Waals surface area (Å²) < 4.78 is 0. The van der Waals surface area contributed by atoms with E-state index in [-0.39, 0.29) is 0 Å². The minimum atomic E-state index is 0.368. The van der Waals surface area contributed by atoms with Crippen molar-refractivity contribution in [3.63, 3.8) is 0 Å². The summed E-state index contributed by atoms with van der Waals surface area (Å²) in [6, 6.07) is 13.0. The second-order valence-corrected chi connectivity index (χ2v) is 3.25. The molecule has 2 heteroatoms. The van der Waals surface area contributed by atoms with Gasteiger partial charge in [-0.15, -0.1) is 0 Å². The molecule has 1 heterocycles. The van der Waals surface area contributed by atoms with Crippen molar-refractivity contribution in [1.82, 2.24) is 4.98 Å². The lowest BCUT2D eigenvalue weighted by atomic mass is 10.2. The zero-order chi connectivity index (χ0) is 11.8. The van der Waals surface area contributed by atoms with Crippen molar-refractivity contribution in [1.29, 1.82) is 0 Å². The van der Waals surface area contributed by atoms with Gasteiger partial charge in [0.1, 0.15) is 5.75 Å². The van der Waals surface area contributed by atoms with Crippen molar-refractivity contribution in [2.75, 3.05) is 0 Å². The van der Waals surface area contributed by atoms with Gasteiger partial charge in [-0.25, -0.2) is 0 Å². The molecule has 0 aliphatic carbocycles. The molecule has 0 amide bonds. The molecule has 0 aliphatic heterocycles. The third kappa shape index (κ3) is 3.96. The second-order valence-electron chi connectivity index (χ2n) is 3.25. The average Bonchev–Trinajstić information content (AvgIpc) is 2.35. The van der Waals surface area contributed by atoms with Crippen LogP contribution in [0.2, 0.25) is 0 Å². The average molecular weight is 213 g/mol. The number of aryl methyl sites for hydroxylation is 1. The zero-order valence-electron chi connectivity index (χ0n) is 9.30. The van der Waals surface area contributed by atoms with Crippen LogP contribution in [-0.2, 0) is 0 Å². The number of hydrogen-bond donors (Lipinski definition) is 1. The first-order valence-electron chi connectivity index (χ1n) is 5.02. The Labute approximate surface area is 95.9 Å². The monoisotopic (exact) mass is 213 g/mol. The summed E-state index contributed by atoms with van der Waals surface area (Å²) in [5.74, 6) is 0.368. The fourth-order valence-corrected chi connectivity index (χ4v) is 1.06. The molecule has 16 heavy (non-hydrogen) atoms. The number of phenols is 1. The Morgan fingerprint density at radius 2 is 1.81 bits per heavy atom. The maximum Gasteiger partial charge on any atom is 0.118 e. The van der Waals surface area contributed by atoms with E-state index in [0.29, 0.717) is 5.75 Å². The Morgan fingerprint density at radius 3 is 2.19 bits per heavy atom. The van der Waals surface area contributed by atoms with Gasteiger partial charge in [-0.1, -0.05) is 30.8 Å². The van der Waals surface area contributed by atoms with Crippen molar-refractivity contribution in [2.45, 2.75) is 6.92 Å². The third-order valence-electron chi connectivity index (χ3n) is 2.01. The van der Waals surface area contributed by atoms with Gasteiger partial charge >= 0.3 is 0 Å². The van der Waals surface area contributed by atoms with Crippen LogP contribution in [0.1, 0.15) is 11.3 Å². The highest BCUT2D eigenvalue weighted by Gasteiger charge is 1.87. The lowest BCUT2D eigenvalue weighted by Crippen LogP contribution is -1.73. The van der Waals surface area contributed by atoms with E-state index in [0.717, 1.165) is 11.3 Å². The predicted molar refractivity (Wildman–Crippen MR) is 67.2 cm³/mol. The Bertz CT molecular complexity index is 416. The molecule has 0 aliphatic rings. The fraction of sp³-hybridized carbons (Fsp3) is 0.0714. The molecule has 1 aromatic heterocycles. The SMILES string of the molecule is C=Cc1ccccn1.Cc1ccccc1O. The normalized spacial score (nSPS) is 8.81. The Kier molecular flexibility index (Phi) is 4.80. The van der Waals surface area contributed by atoms with E-state index in [1.165, 1.54) is 0 Å². The highest BCUT2D eigenvalue weighted by atomic mass is 16.3. The first-order valence-corrected chi connectivity index (χ1v) is 5.02. The van der Waals surface area contributed by atoms with Crippen molar-refractivity contribution < 1.29 is 5.11 Å². The van der Waals surface area contributed by atoms with E-state index in [1.54, 1.807) is 18.3 Å². The van der Waals surface area contributed by atoms with E-state index in [4.69, 9.17) is 5.11 Å². The van der Waals surface area contributed by atoms with Crippen LogP contribution >= 0.6 is 0 Å². The molecule has 0 fully saturated rings. The van der Waals surface area contributed by atoms with Crippen LogP contribution in [0.3, 0.4) is 0 Å². The molecule has 0 saturated heterocycles. The van der Waals surface area contributed by atoms with Gasteiger partial charge in [0.2, 0.25) is 0 Å². The van der Waals surface area contributed by atoms with Crippen LogP contribution in [0.4, 0.5) is 0 Å². The molecular formula is C14H15NO. The summed E-state index contributed by atoms with van der Waals surface area (Å²) in [4.78, 5) is 3.98. The van der Waals surface area contributed by atoms with Gasteiger partial charge in [0.25, 0.3) is 0 Å². The molecule has 1 N–H and O–H groups in total. The Morgan fingerprint density at radius 1 is 1.12 bits per heavy atom. The predicted octanol–water partition coefficient (Wildman–Crippen LogP) is 3.43. The molecule has 0 spiro atoms. The van der Waals surface area contributed by atoms with Crippen molar-refractivity contribution >= 4 is 6.08 Å². The first kappa shape index (κ1) is 12.0. The first-order chi connectivity index (χ1) is 7.74. The Hall–Kier alpha value is -2.09. The zero-order valence-corrected chi connectivity index (χ0v) is 9.30. The maximum atomic E-state index is 8.92. The summed E-state index contributed by atoms with van der Waals surface area (Å²) in [5, 5.41) is 8.92. The number of aromatic nitrogens is 1. The molecule has 0 saturated carbocycles. The molecule has 0 atom stereocenters. The molecule has 2 aromatic rings. The number of pyridine rings is 1. The lowest BCUT2D eigenvalue weighted by molar-refractivity contribution is 0.471. The van der Waals surface area contributed by atoms with Gasteiger partial charge in [-0.2, -0.15) is 0 Å². The van der Waals surface area contributed by atoms with Gasteiger partial charge in [0, 0.05) is 6.20 Å². The number of phenolic OH excluding ortho intramolecular Hbond substituents is 1. The van der Waals surface area contributed by atoms with Crippen LogP contribution in [0.15, 0.2) is 55.2 Å². The van der Waals surface area contributed by atoms with E-state index in [9.17, 15) is 0 Å². The van der Waals surface area contributed by atoms with Crippen molar-refractivity contribution in [2.24, 2.45) is 0 Å². The number of aromatic hydroxyl groups is 1. The molecule has 0 radical (unpaired) electrons. The van der Waals surface area contributed by atoms with Gasteiger partial charge in [-0.05, 0) is 36.8 Å². The fourth-order valence-electron chi connectivity index (χ4n) is 1.06. The van der Waals surface area contributed by atoms with Crippen LogP contribution in [0.25, 0.3) is 6.08 Å². The van der Waals surface area contributed by atoms with Crippen LogP contribution in [0.5, 0.6) is 5.75 Å². The number of benzene rings is 1. The molecule has 2 nitrogen and oxygen atoms in total. The molecule has 0 bridgehead atoms. The molecule has 2 rings (SSSR count). The van der Waals surface area contributed by atoms with Gasteiger partial charge < -0.3 is 5.11 Å². The number of rotatable bonds is 1. The minimum absolute atomic E-state index is 0.368. The number of nitrogens with zero attached hydrogens (tertiary/aromatic N) is 1. The minimum Gasteiger partial charge on any atom is -0.508 e. The smallest absolute Gasteiger partial charge is 0.118 e. The maximum absolute atomic E-state index is 8.92. The molecule has 1 aromatic carbocycles. The van der Waals surface area contributed by atoms with E-state index >= 15 is 0 Å². The summed E-state index contributed by atoms with van der Waals surface area (Å²) in [6.07, 6.45) is 3.47. The van der Waals surface area contributed by atoms with Crippen molar-refractivity contribution in [3.05, 3.63) is 66.5 Å². The summed E-state index contributed by atoms with van der Waals surface area (Å²) in [5.41, 5.74) is 1.85. The van der Waals surface area contributed by atoms with Gasteiger partial charge in [0.05, 0.1) is 5.69 Å². The highest BCUT2D eigenvalue weighted by molar-refractivity contribution is 5.40. The number of hydrogen-bond acceptors (Lipinski definition) is 2.